The topological polar surface area (TPSA) is 144 Å². The van der Waals surface area contributed by atoms with Gasteiger partial charge in [0.15, 0.2) is 17.0 Å². The summed E-state index contributed by atoms with van der Waals surface area (Å²) in [5.74, 6) is -5.98. The van der Waals surface area contributed by atoms with E-state index in [0.717, 1.165) is 25.7 Å². The van der Waals surface area contributed by atoms with Crippen LogP contribution in [-0.4, -0.2) is 86.5 Å². The standard InChI is InChI=1S/C34H46O10/c1-8-9-10-11-12-13-14-15-31-42-27-23-26-30(17-35,41-26)29(38)32(39)22(16-20(6)24(32)36)34(23,44-31)21(7)25(40-28(37)18(2)3)33(27,43-31)19(4)5/h12-16,18,21-23,25-27,29,35,38-39H,4,8-11,17H2,1-3,5-7H3/b13-12+,15-14+/t21-,22-,23+,25-,26+,27-,29-,30+,31-,32-,33+,34+/m1/s1. The van der Waals surface area contributed by atoms with Gasteiger partial charge in [0.25, 0.3) is 0 Å². The van der Waals surface area contributed by atoms with Crippen LogP contribution in [0.5, 0.6) is 0 Å². The van der Waals surface area contributed by atoms with Crippen LogP contribution in [0.15, 0.2) is 48.1 Å². The molecular formula is C34H46O10. The normalized spacial score (nSPS) is 48.4. The number of unbranched alkanes of at least 4 members (excludes halogenated alkanes) is 3. The van der Waals surface area contributed by atoms with Gasteiger partial charge in [0.2, 0.25) is 0 Å². The van der Waals surface area contributed by atoms with E-state index < -0.39 is 94.8 Å². The quantitative estimate of drug-likeness (QED) is 0.110. The summed E-state index contributed by atoms with van der Waals surface area (Å²) in [6, 6.07) is 0. The van der Waals surface area contributed by atoms with Gasteiger partial charge in [-0.3, -0.25) is 9.59 Å². The molecule has 0 radical (unpaired) electrons. The predicted molar refractivity (Wildman–Crippen MR) is 158 cm³/mol. The van der Waals surface area contributed by atoms with E-state index in [4.69, 9.17) is 23.7 Å². The number of allylic oxidation sites excluding steroid dienone is 3. The Morgan fingerprint density at radius 1 is 1.18 bits per heavy atom. The van der Waals surface area contributed by atoms with E-state index in [-0.39, 0.29) is 5.57 Å². The molecule has 0 amide bonds. The fourth-order valence-corrected chi connectivity index (χ4v) is 8.75. The lowest BCUT2D eigenvalue weighted by Crippen LogP contribution is -2.76. The van der Waals surface area contributed by atoms with Gasteiger partial charge in [-0.15, -0.1) is 0 Å². The molecule has 44 heavy (non-hydrogen) atoms. The number of hydrogen-bond donors (Lipinski definition) is 3. The van der Waals surface area contributed by atoms with Crippen molar-refractivity contribution in [1.82, 2.24) is 0 Å². The molecule has 2 saturated carbocycles. The van der Waals surface area contributed by atoms with Crippen LogP contribution in [0.3, 0.4) is 0 Å². The van der Waals surface area contributed by atoms with Gasteiger partial charge in [0, 0.05) is 23.8 Å². The Kier molecular flexibility index (Phi) is 7.53. The van der Waals surface area contributed by atoms with Crippen molar-refractivity contribution in [2.45, 2.75) is 120 Å². The second-order valence-electron chi connectivity index (χ2n) is 13.9. The highest BCUT2D eigenvalue weighted by molar-refractivity contribution is 6.05. The summed E-state index contributed by atoms with van der Waals surface area (Å²) in [5, 5.41) is 34.7. The number of epoxide rings is 1. The Labute approximate surface area is 258 Å². The maximum absolute atomic E-state index is 13.7. The summed E-state index contributed by atoms with van der Waals surface area (Å²) >= 11 is 0. The van der Waals surface area contributed by atoms with Gasteiger partial charge in [0.1, 0.15) is 30.0 Å². The van der Waals surface area contributed by atoms with Crippen LogP contribution in [0.25, 0.3) is 0 Å². The maximum atomic E-state index is 13.7. The van der Waals surface area contributed by atoms with Gasteiger partial charge in [-0.25, -0.2) is 0 Å². The lowest BCUT2D eigenvalue weighted by atomic mass is 9.53. The van der Waals surface area contributed by atoms with E-state index in [0.29, 0.717) is 5.57 Å². The minimum atomic E-state index is -2.39. The molecule has 10 heteroatoms. The number of carbonyl (C=O) groups excluding carboxylic acids is 2. The van der Waals surface area contributed by atoms with Crippen molar-refractivity contribution in [2.75, 3.05) is 6.61 Å². The molecule has 6 aliphatic rings. The number of ether oxygens (including phenoxy) is 5. The van der Waals surface area contributed by atoms with Gasteiger partial charge in [0.05, 0.1) is 18.1 Å². The van der Waals surface area contributed by atoms with Gasteiger partial charge < -0.3 is 39.0 Å². The summed E-state index contributed by atoms with van der Waals surface area (Å²) in [6.45, 7) is 14.5. The van der Waals surface area contributed by atoms with E-state index in [1.54, 1.807) is 45.9 Å². The molecule has 0 unspecified atom stereocenters. The highest BCUT2D eigenvalue weighted by Crippen LogP contribution is 2.73. The number of carbonyl (C=O) groups is 2. The average Bonchev–Trinajstić information content (AvgIpc) is 3.61. The summed E-state index contributed by atoms with van der Waals surface area (Å²) in [5.41, 5.74) is -6.16. The highest BCUT2D eigenvalue weighted by Gasteiger charge is 2.90. The summed E-state index contributed by atoms with van der Waals surface area (Å²) in [7, 11) is 0. The summed E-state index contributed by atoms with van der Waals surface area (Å²) < 4.78 is 32.9. The number of aliphatic hydroxyl groups is 3. The Hall–Kier alpha value is -2.18. The van der Waals surface area contributed by atoms with Crippen LogP contribution in [0.4, 0.5) is 0 Å². The third kappa shape index (κ3) is 3.85. The van der Waals surface area contributed by atoms with Crippen LogP contribution in [0.1, 0.15) is 67.2 Å². The van der Waals surface area contributed by atoms with Crippen LogP contribution in [0, 0.1) is 23.7 Å². The van der Waals surface area contributed by atoms with Gasteiger partial charge >= 0.3 is 11.9 Å². The minimum absolute atomic E-state index is 0.250. The SMILES string of the molecule is C=C(C)[C@@]12O[C@@]3(/C=C/C=C/CCCCC)O[C@@H]1[C@@H]1[C@@H]4O[C@]4(CO)[C@@H](O)[C@]4(O)C(=O)C(C)=C[C@H]4[C@@]1(O3)[C@H](C)[C@H]2OC(=O)C(C)C. The zero-order chi connectivity index (χ0) is 32.0. The molecule has 3 bridgehead atoms. The van der Waals surface area contributed by atoms with Crippen LogP contribution in [0.2, 0.25) is 0 Å². The number of aliphatic hydroxyl groups excluding tert-OH is 2. The fraction of sp³-hybridized carbons (Fsp3) is 0.706. The second kappa shape index (κ2) is 10.4. The van der Waals surface area contributed by atoms with Crippen LogP contribution in [-0.2, 0) is 33.3 Å². The van der Waals surface area contributed by atoms with E-state index in [9.17, 15) is 24.9 Å². The van der Waals surface area contributed by atoms with Crippen molar-refractivity contribution in [3.8, 4) is 0 Å². The monoisotopic (exact) mass is 614 g/mol. The van der Waals surface area contributed by atoms with Crippen molar-refractivity contribution in [3.05, 3.63) is 48.1 Å². The Balaban J connectivity index is 1.55. The summed E-state index contributed by atoms with van der Waals surface area (Å²) in [6.07, 6.45) is 8.71. The first-order valence-electron chi connectivity index (χ1n) is 15.9. The number of ketones is 1. The maximum Gasteiger partial charge on any atom is 0.308 e. The van der Waals surface area contributed by atoms with Crippen LogP contribution < -0.4 is 0 Å². The number of Topliss-reactive ketones (excluding diaryl/α,β-unsaturated/α-hetero) is 1. The highest BCUT2D eigenvalue weighted by atomic mass is 16.9. The van der Waals surface area contributed by atoms with E-state index in [1.165, 1.54) is 0 Å². The first kappa shape index (κ1) is 31.8. The van der Waals surface area contributed by atoms with Gasteiger partial charge in [-0.05, 0) is 37.8 Å². The molecule has 12 atom stereocenters. The van der Waals surface area contributed by atoms with E-state index >= 15 is 0 Å². The van der Waals surface area contributed by atoms with Crippen molar-refractivity contribution < 1.29 is 48.6 Å². The zero-order valence-electron chi connectivity index (χ0n) is 26.4. The van der Waals surface area contributed by atoms with E-state index in [1.807, 2.05) is 19.1 Å². The summed E-state index contributed by atoms with van der Waals surface area (Å²) in [4.78, 5) is 27.0. The molecule has 0 aromatic carbocycles. The lowest BCUT2D eigenvalue weighted by Gasteiger charge is -2.61. The largest absolute Gasteiger partial charge is 0.458 e. The van der Waals surface area contributed by atoms with Crippen molar-refractivity contribution in [3.63, 3.8) is 0 Å². The molecule has 0 spiro atoms. The predicted octanol–water partition coefficient (Wildman–Crippen LogP) is 3.05. The van der Waals surface area contributed by atoms with E-state index in [2.05, 4.69) is 13.5 Å². The van der Waals surface area contributed by atoms with Crippen molar-refractivity contribution in [2.24, 2.45) is 23.7 Å². The molecule has 3 heterocycles. The smallest absolute Gasteiger partial charge is 0.308 e. The first-order chi connectivity index (χ1) is 20.7. The third-order valence-corrected chi connectivity index (χ3v) is 11.0. The number of hydrogen-bond acceptors (Lipinski definition) is 10. The van der Waals surface area contributed by atoms with Crippen molar-refractivity contribution >= 4 is 11.8 Å². The fourth-order valence-electron chi connectivity index (χ4n) is 8.75. The molecular weight excluding hydrogens is 568 g/mol. The molecule has 3 N–H and O–H groups in total. The molecule has 3 saturated heterocycles. The minimum Gasteiger partial charge on any atom is -0.458 e. The van der Waals surface area contributed by atoms with Crippen LogP contribution >= 0.6 is 0 Å². The van der Waals surface area contributed by atoms with Gasteiger partial charge in [-0.2, -0.15) is 0 Å². The number of fused-ring (bicyclic) bond motifs is 3. The molecule has 3 aliphatic heterocycles. The second-order valence-corrected chi connectivity index (χ2v) is 13.9. The Morgan fingerprint density at radius 3 is 2.55 bits per heavy atom. The molecule has 242 valence electrons. The third-order valence-electron chi connectivity index (χ3n) is 11.0. The Bertz CT molecular complexity index is 1330. The molecule has 6 rings (SSSR count). The van der Waals surface area contributed by atoms with Gasteiger partial charge in [-0.1, -0.05) is 71.4 Å². The molecule has 0 aromatic rings. The lowest BCUT2D eigenvalue weighted by molar-refractivity contribution is -0.407. The number of rotatable bonds is 10. The number of esters is 1. The Morgan fingerprint density at radius 2 is 1.91 bits per heavy atom. The zero-order valence-corrected chi connectivity index (χ0v) is 26.4. The molecule has 5 fully saturated rings. The first-order valence-corrected chi connectivity index (χ1v) is 15.9. The molecule has 0 aromatic heterocycles. The molecule has 3 aliphatic carbocycles. The van der Waals surface area contributed by atoms with Crippen molar-refractivity contribution in [1.29, 1.82) is 0 Å². The molecule has 10 nitrogen and oxygen atoms in total. The average molecular weight is 615 g/mol.